The number of aliphatic carboxylic acids is 2. The number of para-hydroxylation sites is 1. The van der Waals surface area contributed by atoms with Crippen molar-refractivity contribution in [2.75, 3.05) is 32.0 Å². The number of hydrogen-bond donors (Lipinski definition) is 24. The van der Waals surface area contributed by atoms with Gasteiger partial charge < -0.3 is 122 Å². The first kappa shape index (κ1) is 115. The van der Waals surface area contributed by atoms with Gasteiger partial charge in [0.05, 0.1) is 30.5 Å². The van der Waals surface area contributed by atoms with E-state index >= 15 is 19.2 Å². The molecule has 768 valence electrons. The number of nitrogens with two attached hydrogens (primary N) is 3. The Kier molecular flexibility index (Phi) is 50.4. The maximum absolute atomic E-state index is 15.4. The number of hydrogen-bond acceptors (Lipinski definition) is 24. The minimum Gasteiger partial charge on any atom is -0.481 e. The molecule has 0 aliphatic carbocycles. The summed E-state index contributed by atoms with van der Waals surface area (Å²) < 4.78 is 27.7. The van der Waals surface area contributed by atoms with Gasteiger partial charge in [0, 0.05) is 107 Å². The van der Waals surface area contributed by atoms with Crippen LogP contribution in [0, 0.1) is 5.41 Å². The Bertz CT molecular complexity index is 4870. The van der Waals surface area contributed by atoms with Crippen molar-refractivity contribution in [2.45, 2.75) is 324 Å². The highest BCUT2D eigenvalue weighted by Gasteiger charge is 2.45. The minimum absolute atomic E-state index is 0.0256. The first-order valence-corrected chi connectivity index (χ1v) is 49.4. The van der Waals surface area contributed by atoms with Gasteiger partial charge in [-0.1, -0.05) is 152 Å². The molecule has 0 radical (unpaired) electrons. The predicted octanol–water partition coefficient (Wildman–Crippen LogP) is -1.07. The molecule has 6 rings (SSSR count). The zero-order chi connectivity index (χ0) is 102. The van der Waals surface area contributed by atoms with Crippen LogP contribution in [0.1, 0.15) is 243 Å². The number of rotatable bonds is 56. The summed E-state index contributed by atoms with van der Waals surface area (Å²) in [6.07, 6.45) is 9.34. The molecule has 4 aromatic rings. The quantitative estimate of drug-likeness (QED) is 0.0142. The van der Waals surface area contributed by atoms with Gasteiger partial charge in [-0.05, 0) is 94.2 Å². The number of nitrogens with zero attached hydrogens (tertiary/aromatic N) is 2. The number of nitrogens with one attached hydrogen (secondary N) is 17. The molecular weight excluding hydrogens is 1830 g/mol. The summed E-state index contributed by atoms with van der Waals surface area (Å²) in [6, 6.07) is -4.93. The number of carboxylic acids is 2. The number of aliphatic hydroxyl groups excluding tert-OH is 2. The third-order valence-corrected chi connectivity index (χ3v) is 25.1. The highest BCUT2D eigenvalue weighted by atomic mass is 32.2. The van der Waals surface area contributed by atoms with E-state index in [2.05, 4.69) is 91.0 Å². The molecule has 0 bridgehead atoms. The summed E-state index contributed by atoms with van der Waals surface area (Å²) in [5, 5.41) is 82.8. The van der Waals surface area contributed by atoms with Crippen molar-refractivity contribution >= 4 is 133 Å². The number of carbonyl (C=O) groups excluding carboxylic acids is 16. The number of sulfonamides is 1. The fourth-order valence-electron chi connectivity index (χ4n) is 16.0. The van der Waals surface area contributed by atoms with Crippen molar-refractivity contribution in [1.29, 1.82) is 5.41 Å². The SMILES string of the molecule is CCCCCCCCCCCCCCCC(=O)NS(=O)(=O)CCCC(=O)N[C@@H](CCC(=O)O)C(=O)N[C@@H](CO)C(=O)N[C@H](CCC(N)=O)C(=O)N[C@@H](Cc1c[nH]cn1)C(=O)N[C@@H](CCC(=O)O)C(=O)N[C@@H](CCCC)C(=O)N[C@H]1CCC(=O)NCCCC[C@@H](C(N)=O)NC(=O)[C@H](Cc2c[nH]c3ccccc23)NC(=O)[C@H](CCCNC(=N)N)NC(=O)[C@@H](Cc2ccccc2)NC(=O)[C@@H]2C[C@@H](O)CN2C1=O. The largest absolute Gasteiger partial charge is 0.481 e. The number of benzene rings is 2. The molecule has 0 spiro atoms. The standard InChI is InChI=1S/C92H140N22O24S/c1-3-5-7-8-9-10-11-12-13-14-15-16-20-34-77(120)113-139(137,138)46-26-35-76(119)102-65(38-42-78(121)122)83(128)112-72(54-115)89(134)107-66(36-40-74(93)117)85(130)110-71(49-58-52-97-55-101-58)88(133)106-67(39-43-79(123)124)84(129)104-63(30-6-4-2)81(126)108-68-37-41-75(118)98-44-24-23-32-62(80(94)125)103-87(132)70(48-57-51-100-61-31-22-21-29-60(57)61)109-82(127)64(33-25-45-99-92(95)96)105-86(131)69(47-56-27-18-17-19-28-56)111-90(135)73-50-59(116)53-114(73)91(68)136/h17-19,21-22,27-29,31,51-52,55,59,62-73,100,115-116H,3-16,20,23-26,30,32-50,53-54H2,1-2H3,(H2,93,117)(H2,94,125)(H,97,101)(H,98,118)(H,102,119)(H,103,132)(H,104,129)(H,105,131)(H,106,133)(H,107,134)(H,108,126)(H,109,127)(H,110,130)(H,111,135)(H,112,128)(H,113,120)(H,121,122)(H,123,124)(H4,95,96,99)/t59-,62+,63+,64+,65+,66-,67+,68+,69-,70+,71+,72+,73+/m1/s1. The van der Waals surface area contributed by atoms with E-state index in [0.717, 1.165) is 37.0 Å². The number of carboxylic acid groups (broad SMARTS) is 2. The molecule has 2 saturated heterocycles. The molecule has 2 aromatic carbocycles. The summed E-state index contributed by atoms with van der Waals surface area (Å²) in [4.78, 5) is 263. The molecule has 27 N–H and O–H groups in total. The van der Waals surface area contributed by atoms with Crippen molar-refractivity contribution in [3.05, 3.63) is 90.1 Å². The lowest BCUT2D eigenvalue weighted by Crippen LogP contribution is -2.61. The van der Waals surface area contributed by atoms with Gasteiger partial charge in [-0.15, -0.1) is 0 Å². The maximum Gasteiger partial charge on any atom is 0.303 e. The number of fused-ring (bicyclic) bond motifs is 2. The lowest BCUT2D eigenvalue weighted by molar-refractivity contribution is -0.143. The number of aliphatic hydroxyl groups is 2. The average molecular weight is 1970 g/mol. The Balaban J connectivity index is 1.21. The van der Waals surface area contributed by atoms with E-state index in [0.29, 0.717) is 34.9 Å². The number of aromatic amines is 2. The van der Waals surface area contributed by atoms with Crippen LogP contribution >= 0.6 is 0 Å². The molecule has 2 aliphatic rings. The van der Waals surface area contributed by atoms with Crippen molar-refractivity contribution in [3.8, 4) is 0 Å². The van der Waals surface area contributed by atoms with Crippen LogP contribution in [-0.4, -0.2) is 272 Å². The van der Waals surface area contributed by atoms with Crippen LogP contribution in [0.5, 0.6) is 0 Å². The fourth-order valence-corrected chi connectivity index (χ4v) is 17.1. The first-order chi connectivity index (χ1) is 66.4. The second-order valence-corrected chi connectivity index (χ2v) is 36.9. The topological polar surface area (TPSA) is 740 Å². The van der Waals surface area contributed by atoms with E-state index in [1.807, 2.05) is 4.72 Å². The van der Waals surface area contributed by atoms with E-state index in [1.54, 1.807) is 67.7 Å². The van der Waals surface area contributed by atoms with Gasteiger partial charge in [0.1, 0.15) is 72.5 Å². The molecule has 139 heavy (non-hydrogen) atoms. The van der Waals surface area contributed by atoms with E-state index in [9.17, 15) is 96.0 Å². The third-order valence-electron chi connectivity index (χ3n) is 23.7. The van der Waals surface area contributed by atoms with Crippen LogP contribution in [0.3, 0.4) is 0 Å². The Morgan fingerprint density at radius 3 is 1.68 bits per heavy atom. The summed E-state index contributed by atoms with van der Waals surface area (Å²) in [7, 11) is -4.23. The van der Waals surface area contributed by atoms with E-state index < -0.39 is 291 Å². The zero-order valence-electron chi connectivity index (χ0n) is 78.9. The van der Waals surface area contributed by atoms with Crippen LogP contribution in [0.4, 0.5) is 0 Å². The molecule has 2 fully saturated rings. The lowest BCUT2D eigenvalue weighted by Gasteiger charge is -2.31. The Hall–Kier alpha value is -13.2. The highest BCUT2D eigenvalue weighted by molar-refractivity contribution is 7.90. The van der Waals surface area contributed by atoms with Crippen LogP contribution < -0.4 is 91.0 Å². The Labute approximate surface area is 806 Å². The number of aromatic nitrogens is 3. The average Bonchev–Trinajstić information content (AvgIpc) is 1.67. The molecule has 2 aromatic heterocycles. The number of amides is 16. The number of imidazole rings is 1. The molecule has 2 aliphatic heterocycles. The number of carbonyl (C=O) groups is 18. The third kappa shape index (κ3) is 42.8. The summed E-state index contributed by atoms with van der Waals surface area (Å²) in [6.45, 7) is 2.07. The fraction of sp³-hybridized carbons (Fsp3) is 0.609. The van der Waals surface area contributed by atoms with Gasteiger partial charge in [0.2, 0.25) is 105 Å². The Morgan fingerprint density at radius 2 is 1.09 bits per heavy atom. The van der Waals surface area contributed by atoms with Crippen molar-refractivity contribution in [1.82, 2.24) is 93.7 Å². The van der Waals surface area contributed by atoms with Crippen LogP contribution in [-0.2, 0) is 116 Å². The van der Waals surface area contributed by atoms with Crippen molar-refractivity contribution in [2.24, 2.45) is 17.2 Å². The zero-order valence-corrected chi connectivity index (χ0v) is 79.7. The predicted molar refractivity (Wildman–Crippen MR) is 506 cm³/mol. The van der Waals surface area contributed by atoms with E-state index in [1.165, 1.54) is 57.5 Å². The maximum atomic E-state index is 15.4. The molecule has 46 nitrogen and oxygen atoms in total. The van der Waals surface area contributed by atoms with Gasteiger partial charge in [-0.3, -0.25) is 96.4 Å². The monoisotopic (exact) mass is 1970 g/mol. The minimum atomic E-state index is -4.23. The smallest absolute Gasteiger partial charge is 0.303 e. The first-order valence-electron chi connectivity index (χ1n) is 47.8. The van der Waals surface area contributed by atoms with Gasteiger partial charge >= 0.3 is 11.9 Å². The van der Waals surface area contributed by atoms with Gasteiger partial charge in [0.15, 0.2) is 5.96 Å². The summed E-state index contributed by atoms with van der Waals surface area (Å²) in [5.74, 6) is -20.5. The molecule has 47 heteroatoms. The summed E-state index contributed by atoms with van der Waals surface area (Å²) >= 11 is 0. The van der Waals surface area contributed by atoms with E-state index in [-0.39, 0.29) is 89.4 Å². The van der Waals surface area contributed by atoms with Gasteiger partial charge in [0.25, 0.3) is 0 Å². The van der Waals surface area contributed by atoms with E-state index in [4.69, 9.17) is 22.6 Å². The summed E-state index contributed by atoms with van der Waals surface area (Å²) in [5.41, 5.74) is 18.8. The number of primary amides is 2. The van der Waals surface area contributed by atoms with Crippen molar-refractivity contribution < 1.29 is 115 Å². The second-order valence-electron chi connectivity index (χ2n) is 35.1. The molecule has 13 atom stereocenters. The number of unbranched alkanes of at least 4 members (excludes halogenated alkanes) is 13. The Morgan fingerprint density at radius 1 is 0.554 bits per heavy atom. The van der Waals surface area contributed by atoms with Gasteiger partial charge in [-0.2, -0.15) is 0 Å². The molecule has 16 amide bonds. The van der Waals surface area contributed by atoms with Gasteiger partial charge in [-0.25, -0.2) is 13.4 Å². The number of H-pyrrole nitrogens is 2. The normalized spacial score (nSPS) is 18.9. The number of guanidine groups is 1. The van der Waals surface area contributed by atoms with Crippen LogP contribution in [0.15, 0.2) is 73.3 Å². The van der Waals surface area contributed by atoms with Crippen LogP contribution in [0.25, 0.3) is 10.9 Å². The van der Waals surface area contributed by atoms with Crippen LogP contribution in [0.2, 0.25) is 0 Å². The molecule has 4 heterocycles. The molecular formula is C92H140N22O24S. The second kappa shape index (κ2) is 61.2. The highest BCUT2D eigenvalue weighted by Crippen LogP contribution is 2.25. The molecule has 0 unspecified atom stereocenters. The lowest BCUT2D eigenvalue weighted by atomic mass is 10.0. The molecule has 0 saturated carbocycles. The van der Waals surface area contributed by atoms with Crippen molar-refractivity contribution in [3.63, 3.8) is 0 Å².